The predicted octanol–water partition coefficient (Wildman–Crippen LogP) is 3.07. The standard InChI is InChI=1S/C24H39N5O2/c1-5-30-21-12-9-19(22(15-21)31-6-2)17-26-16-18-7-10-20(11-8-18)24(25)27-14-13-23(28-24)29(3)4/h9,12-15,18,20,26,28H,5-8,10-11,16-17,25H2,1-4H3. The highest BCUT2D eigenvalue weighted by molar-refractivity contribution is 5.73. The zero-order valence-electron chi connectivity index (χ0n) is 19.5. The Bertz CT molecular complexity index is 771. The van der Waals surface area contributed by atoms with Crippen LogP contribution >= 0.6 is 0 Å². The summed E-state index contributed by atoms with van der Waals surface area (Å²) in [7, 11) is 4.03. The minimum Gasteiger partial charge on any atom is -0.494 e. The highest BCUT2D eigenvalue weighted by atomic mass is 16.5. The Hall–Kier alpha value is -2.25. The molecule has 0 aromatic heterocycles. The van der Waals surface area contributed by atoms with Crippen LogP contribution in [0.4, 0.5) is 0 Å². The number of nitrogens with one attached hydrogen (secondary N) is 2. The number of allylic oxidation sites excluding steroid dienone is 1. The van der Waals surface area contributed by atoms with Crippen molar-refractivity contribution in [3.63, 3.8) is 0 Å². The number of benzene rings is 1. The first-order valence-corrected chi connectivity index (χ1v) is 11.5. The molecule has 0 bridgehead atoms. The Morgan fingerprint density at radius 1 is 1.16 bits per heavy atom. The van der Waals surface area contributed by atoms with Crippen LogP contribution in [0, 0.1) is 11.8 Å². The molecule has 1 aliphatic heterocycles. The third-order valence-corrected chi connectivity index (χ3v) is 6.20. The molecular formula is C24H39N5O2. The van der Waals surface area contributed by atoms with Crippen LogP contribution in [0.25, 0.3) is 0 Å². The van der Waals surface area contributed by atoms with Gasteiger partial charge in [-0.15, -0.1) is 0 Å². The van der Waals surface area contributed by atoms with E-state index in [4.69, 9.17) is 15.2 Å². The van der Waals surface area contributed by atoms with Crippen LogP contribution in [0.3, 0.4) is 0 Å². The van der Waals surface area contributed by atoms with E-state index in [1.54, 1.807) is 0 Å². The molecule has 7 heteroatoms. The molecule has 0 radical (unpaired) electrons. The molecule has 1 unspecified atom stereocenters. The molecule has 172 valence electrons. The van der Waals surface area contributed by atoms with E-state index in [1.165, 1.54) is 5.56 Å². The largest absolute Gasteiger partial charge is 0.494 e. The normalized spacial score (nSPS) is 25.5. The molecule has 1 heterocycles. The maximum absolute atomic E-state index is 6.65. The highest BCUT2D eigenvalue weighted by Crippen LogP contribution is 2.35. The van der Waals surface area contributed by atoms with Crippen LogP contribution in [-0.2, 0) is 6.54 Å². The van der Waals surface area contributed by atoms with E-state index in [0.29, 0.717) is 25.0 Å². The third kappa shape index (κ3) is 6.14. The van der Waals surface area contributed by atoms with Crippen LogP contribution in [0.2, 0.25) is 0 Å². The van der Waals surface area contributed by atoms with Gasteiger partial charge in [-0.25, -0.2) is 0 Å². The van der Waals surface area contributed by atoms with Crippen LogP contribution in [0.5, 0.6) is 11.5 Å². The molecule has 1 aromatic rings. The minimum absolute atomic E-state index is 0.347. The van der Waals surface area contributed by atoms with Crippen molar-refractivity contribution in [1.29, 1.82) is 0 Å². The summed E-state index contributed by atoms with van der Waals surface area (Å²) in [6.07, 6.45) is 8.31. The summed E-state index contributed by atoms with van der Waals surface area (Å²) in [4.78, 5) is 6.63. The van der Waals surface area contributed by atoms with E-state index < -0.39 is 5.79 Å². The first-order valence-electron chi connectivity index (χ1n) is 11.5. The Kier molecular flexibility index (Phi) is 8.21. The lowest BCUT2D eigenvalue weighted by Gasteiger charge is -2.42. The van der Waals surface area contributed by atoms with Gasteiger partial charge in [0.15, 0.2) is 5.79 Å². The highest BCUT2D eigenvalue weighted by Gasteiger charge is 2.38. The zero-order chi connectivity index (χ0) is 22.3. The zero-order valence-corrected chi connectivity index (χ0v) is 19.5. The smallest absolute Gasteiger partial charge is 0.186 e. The van der Waals surface area contributed by atoms with Crippen molar-refractivity contribution in [2.24, 2.45) is 22.6 Å². The Morgan fingerprint density at radius 2 is 1.90 bits per heavy atom. The molecule has 1 saturated carbocycles. The van der Waals surface area contributed by atoms with E-state index in [9.17, 15) is 0 Å². The summed E-state index contributed by atoms with van der Waals surface area (Å²) in [5, 5.41) is 7.07. The Morgan fingerprint density at radius 3 is 2.58 bits per heavy atom. The number of aliphatic imine (C=N–C) groups is 1. The van der Waals surface area contributed by atoms with Gasteiger partial charge in [0.1, 0.15) is 17.3 Å². The second kappa shape index (κ2) is 10.9. The first kappa shape index (κ1) is 23.4. The van der Waals surface area contributed by atoms with E-state index in [1.807, 2.05) is 57.3 Å². The van der Waals surface area contributed by atoms with E-state index in [2.05, 4.69) is 21.7 Å². The third-order valence-electron chi connectivity index (χ3n) is 6.20. The van der Waals surface area contributed by atoms with Gasteiger partial charge >= 0.3 is 0 Å². The molecule has 1 atom stereocenters. The van der Waals surface area contributed by atoms with Crippen LogP contribution in [0.1, 0.15) is 45.1 Å². The van der Waals surface area contributed by atoms with Gasteiger partial charge in [0.2, 0.25) is 0 Å². The summed E-state index contributed by atoms with van der Waals surface area (Å²) < 4.78 is 11.4. The molecule has 0 spiro atoms. The molecule has 3 rings (SSSR count). The average Bonchev–Trinajstić information content (AvgIpc) is 2.76. The van der Waals surface area contributed by atoms with Crippen molar-refractivity contribution in [2.75, 3.05) is 33.9 Å². The quantitative estimate of drug-likeness (QED) is 0.530. The van der Waals surface area contributed by atoms with Crippen molar-refractivity contribution in [1.82, 2.24) is 15.5 Å². The molecule has 1 aliphatic carbocycles. The molecule has 1 fully saturated rings. The number of ether oxygens (including phenoxy) is 2. The van der Waals surface area contributed by atoms with Gasteiger partial charge in [-0.3, -0.25) is 10.7 Å². The SMILES string of the molecule is CCOc1ccc(CNCC2CCC(C3(N)N=CC=C(N(C)C)N3)CC2)c(OCC)c1. The number of rotatable bonds is 10. The lowest BCUT2D eigenvalue weighted by Crippen LogP contribution is -2.60. The van der Waals surface area contributed by atoms with Gasteiger partial charge in [0, 0.05) is 44.4 Å². The molecule has 0 saturated heterocycles. The van der Waals surface area contributed by atoms with Crippen molar-refractivity contribution < 1.29 is 9.47 Å². The van der Waals surface area contributed by atoms with Gasteiger partial charge < -0.3 is 25.0 Å². The van der Waals surface area contributed by atoms with E-state index >= 15 is 0 Å². The molecule has 4 N–H and O–H groups in total. The molecule has 2 aliphatic rings. The Balaban J connectivity index is 1.47. The molecule has 1 aromatic carbocycles. The summed E-state index contributed by atoms with van der Waals surface area (Å²) >= 11 is 0. The maximum Gasteiger partial charge on any atom is 0.186 e. The predicted molar refractivity (Wildman–Crippen MR) is 126 cm³/mol. The Labute approximate surface area is 187 Å². The monoisotopic (exact) mass is 429 g/mol. The summed E-state index contributed by atoms with van der Waals surface area (Å²) in [6.45, 7) is 7.10. The second-order valence-corrected chi connectivity index (χ2v) is 8.66. The van der Waals surface area contributed by atoms with E-state index in [-0.39, 0.29) is 0 Å². The fraction of sp³-hybridized carbons (Fsp3) is 0.625. The average molecular weight is 430 g/mol. The van der Waals surface area contributed by atoms with Gasteiger partial charge in [0.25, 0.3) is 0 Å². The van der Waals surface area contributed by atoms with Crippen molar-refractivity contribution in [3.8, 4) is 11.5 Å². The molecule has 7 nitrogen and oxygen atoms in total. The van der Waals surface area contributed by atoms with E-state index in [0.717, 1.165) is 56.1 Å². The van der Waals surface area contributed by atoms with Crippen LogP contribution in [0.15, 0.2) is 35.1 Å². The van der Waals surface area contributed by atoms with Crippen molar-refractivity contribution in [3.05, 3.63) is 35.7 Å². The van der Waals surface area contributed by atoms with Crippen LogP contribution < -0.4 is 25.8 Å². The molecule has 0 amide bonds. The fourth-order valence-electron chi connectivity index (χ4n) is 4.42. The number of nitrogens with zero attached hydrogens (tertiary/aromatic N) is 2. The lowest BCUT2D eigenvalue weighted by atomic mass is 9.78. The lowest BCUT2D eigenvalue weighted by molar-refractivity contribution is 0.146. The molecular weight excluding hydrogens is 390 g/mol. The number of hydrogen-bond donors (Lipinski definition) is 3. The van der Waals surface area contributed by atoms with Crippen molar-refractivity contribution >= 4 is 6.21 Å². The van der Waals surface area contributed by atoms with Gasteiger partial charge in [-0.1, -0.05) is 6.07 Å². The minimum atomic E-state index is -0.693. The summed E-state index contributed by atoms with van der Waals surface area (Å²) in [6, 6.07) is 6.10. The first-order chi connectivity index (χ1) is 14.9. The maximum atomic E-state index is 6.65. The second-order valence-electron chi connectivity index (χ2n) is 8.66. The number of nitrogens with two attached hydrogens (primary N) is 1. The summed E-state index contributed by atoms with van der Waals surface area (Å²) in [5.74, 6) is 3.09. The fourth-order valence-corrected chi connectivity index (χ4v) is 4.42. The molecule has 31 heavy (non-hydrogen) atoms. The number of hydrogen-bond acceptors (Lipinski definition) is 7. The summed E-state index contributed by atoms with van der Waals surface area (Å²) in [5.41, 5.74) is 7.82. The van der Waals surface area contributed by atoms with Crippen LogP contribution in [-0.4, -0.2) is 50.8 Å². The topological polar surface area (TPSA) is 84.1 Å². The van der Waals surface area contributed by atoms with Gasteiger partial charge in [-0.2, -0.15) is 0 Å². The van der Waals surface area contributed by atoms with Gasteiger partial charge in [0.05, 0.1) is 13.2 Å². The van der Waals surface area contributed by atoms with Crippen molar-refractivity contribution in [2.45, 2.75) is 51.9 Å². The van der Waals surface area contributed by atoms with Gasteiger partial charge in [-0.05, 0) is 64.1 Å².